The van der Waals surface area contributed by atoms with Gasteiger partial charge in [0.1, 0.15) is 5.82 Å². The Hall–Kier alpha value is -1.88. The minimum Gasteiger partial charge on any atom is -0.367 e. The molecule has 0 aromatic carbocycles. The largest absolute Gasteiger partial charge is 0.367 e. The van der Waals surface area contributed by atoms with E-state index >= 15 is 0 Å². The van der Waals surface area contributed by atoms with Gasteiger partial charge in [-0.25, -0.2) is 4.98 Å². The molecular weight excluding hydrogens is 282 g/mol. The lowest BCUT2D eigenvalue weighted by Crippen LogP contribution is -2.42. The molecule has 1 saturated heterocycles. The maximum Gasteiger partial charge on any atom is 0.254 e. The van der Waals surface area contributed by atoms with Crippen LogP contribution >= 0.6 is 11.3 Å². The van der Waals surface area contributed by atoms with Gasteiger partial charge in [-0.15, -0.1) is 0 Å². The van der Waals surface area contributed by atoms with Crippen LogP contribution in [0.2, 0.25) is 0 Å². The summed E-state index contributed by atoms with van der Waals surface area (Å²) in [6.45, 7) is 3.60. The van der Waals surface area contributed by atoms with Crippen molar-refractivity contribution < 1.29 is 4.79 Å². The van der Waals surface area contributed by atoms with Gasteiger partial charge in [-0.2, -0.15) is 11.3 Å². The highest BCUT2D eigenvalue weighted by Gasteiger charge is 2.23. The van der Waals surface area contributed by atoms with Crippen LogP contribution in [0.15, 0.2) is 35.0 Å². The van der Waals surface area contributed by atoms with E-state index < -0.39 is 0 Å². The van der Waals surface area contributed by atoms with Crippen LogP contribution in [0.3, 0.4) is 0 Å². The Morgan fingerprint density at radius 2 is 2.14 bits per heavy atom. The van der Waals surface area contributed by atoms with Crippen LogP contribution in [-0.2, 0) is 0 Å². The van der Waals surface area contributed by atoms with Gasteiger partial charge in [-0.05, 0) is 43.3 Å². The topological polar surface area (TPSA) is 45.2 Å². The maximum absolute atomic E-state index is 12.3. The van der Waals surface area contributed by atoms with Crippen LogP contribution in [0, 0.1) is 6.92 Å². The summed E-state index contributed by atoms with van der Waals surface area (Å²) < 4.78 is 0. The first-order chi connectivity index (χ1) is 10.2. The molecule has 1 N–H and O–H groups in total. The van der Waals surface area contributed by atoms with Crippen LogP contribution in [0.1, 0.15) is 28.9 Å². The van der Waals surface area contributed by atoms with Gasteiger partial charge < -0.3 is 10.2 Å². The van der Waals surface area contributed by atoms with Crippen molar-refractivity contribution in [3.05, 3.63) is 46.3 Å². The molecule has 0 aliphatic carbocycles. The molecular formula is C16H19N3OS. The number of hydrogen-bond acceptors (Lipinski definition) is 4. The van der Waals surface area contributed by atoms with E-state index in [-0.39, 0.29) is 5.91 Å². The molecule has 0 atom stereocenters. The molecule has 0 spiro atoms. The summed E-state index contributed by atoms with van der Waals surface area (Å²) in [6.07, 6.45) is 1.93. The number of anilines is 1. The van der Waals surface area contributed by atoms with Crippen LogP contribution in [0.25, 0.3) is 0 Å². The number of pyridine rings is 1. The fraction of sp³-hybridized carbons (Fsp3) is 0.375. The van der Waals surface area contributed by atoms with Crippen molar-refractivity contribution in [1.29, 1.82) is 0 Å². The molecule has 0 saturated carbocycles. The van der Waals surface area contributed by atoms with Crippen molar-refractivity contribution in [2.75, 3.05) is 18.4 Å². The molecule has 0 radical (unpaired) electrons. The predicted molar refractivity (Wildman–Crippen MR) is 85.8 cm³/mol. The number of likely N-dealkylation sites (tertiary alicyclic amines) is 1. The summed E-state index contributed by atoms with van der Waals surface area (Å²) in [4.78, 5) is 18.7. The van der Waals surface area contributed by atoms with Crippen molar-refractivity contribution in [2.45, 2.75) is 25.8 Å². The quantitative estimate of drug-likeness (QED) is 0.947. The van der Waals surface area contributed by atoms with Gasteiger partial charge in [0.2, 0.25) is 0 Å². The fourth-order valence-corrected chi connectivity index (χ4v) is 3.26. The lowest BCUT2D eigenvalue weighted by Gasteiger charge is -2.32. The molecule has 110 valence electrons. The zero-order valence-electron chi connectivity index (χ0n) is 12.1. The first-order valence-corrected chi connectivity index (χ1v) is 8.18. The second-order valence-electron chi connectivity index (χ2n) is 5.39. The Balaban J connectivity index is 1.54. The number of nitrogens with one attached hydrogen (secondary N) is 1. The summed E-state index contributed by atoms with van der Waals surface area (Å²) in [5.74, 6) is 1.08. The van der Waals surface area contributed by atoms with Crippen LogP contribution < -0.4 is 5.32 Å². The number of piperidine rings is 1. The SMILES string of the molecule is Cc1cccc(NC2CCN(C(=O)c3ccsc3)CC2)n1. The number of rotatable bonds is 3. The van der Waals surface area contributed by atoms with Gasteiger partial charge in [0, 0.05) is 30.2 Å². The first-order valence-electron chi connectivity index (χ1n) is 7.24. The molecule has 1 aliphatic rings. The van der Waals surface area contributed by atoms with Crippen molar-refractivity contribution in [2.24, 2.45) is 0 Å². The lowest BCUT2D eigenvalue weighted by atomic mass is 10.0. The second kappa shape index (κ2) is 6.26. The lowest BCUT2D eigenvalue weighted by molar-refractivity contribution is 0.0719. The summed E-state index contributed by atoms with van der Waals surface area (Å²) in [7, 11) is 0. The van der Waals surface area contributed by atoms with E-state index in [9.17, 15) is 4.79 Å². The number of amides is 1. The number of aromatic nitrogens is 1. The molecule has 0 unspecified atom stereocenters. The monoisotopic (exact) mass is 301 g/mol. The summed E-state index contributed by atoms with van der Waals surface area (Å²) in [5, 5.41) is 7.34. The molecule has 0 bridgehead atoms. The van der Waals surface area contributed by atoms with Gasteiger partial charge in [-0.1, -0.05) is 6.07 Å². The Bertz CT molecular complexity index is 604. The van der Waals surface area contributed by atoms with E-state index in [2.05, 4.69) is 10.3 Å². The average Bonchev–Trinajstić information content (AvgIpc) is 3.01. The third-order valence-corrected chi connectivity index (χ3v) is 4.47. The van der Waals surface area contributed by atoms with Crippen molar-refractivity contribution in [3.63, 3.8) is 0 Å². The zero-order chi connectivity index (χ0) is 14.7. The second-order valence-corrected chi connectivity index (χ2v) is 6.17. The highest BCUT2D eigenvalue weighted by atomic mass is 32.1. The van der Waals surface area contributed by atoms with Gasteiger partial charge in [-0.3, -0.25) is 4.79 Å². The highest BCUT2D eigenvalue weighted by molar-refractivity contribution is 7.08. The van der Waals surface area contributed by atoms with Crippen molar-refractivity contribution >= 4 is 23.1 Å². The number of thiophene rings is 1. The third kappa shape index (κ3) is 3.42. The van der Waals surface area contributed by atoms with Gasteiger partial charge >= 0.3 is 0 Å². The highest BCUT2D eigenvalue weighted by Crippen LogP contribution is 2.18. The number of nitrogens with zero attached hydrogens (tertiary/aromatic N) is 2. The molecule has 4 nitrogen and oxygen atoms in total. The molecule has 2 aromatic rings. The standard InChI is InChI=1S/C16H19N3OS/c1-12-3-2-4-15(17-12)18-14-5-8-19(9-6-14)16(20)13-7-10-21-11-13/h2-4,7,10-11,14H,5-6,8-9H2,1H3,(H,17,18). The number of hydrogen-bond donors (Lipinski definition) is 1. The summed E-state index contributed by atoms with van der Waals surface area (Å²) >= 11 is 1.57. The Morgan fingerprint density at radius 1 is 1.33 bits per heavy atom. The normalized spacial score (nSPS) is 16.0. The molecule has 1 aliphatic heterocycles. The average molecular weight is 301 g/mol. The number of aryl methyl sites for hydroxylation is 1. The van der Waals surface area contributed by atoms with Gasteiger partial charge in [0.25, 0.3) is 5.91 Å². The molecule has 21 heavy (non-hydrogen) atoms. The van der Waals surface area contributed by atoms with E-state index in [0.29, 0.717) is 6.04 Å². The molecule has 3 heterocycles. The number of carbonyl (C=O) groups excluding carboxylic acids is 1. The molecule has 1 amide bonds. The number of carbonyl (C=O) groups is 1. The Labute approximate surface area is 128 Å². The van der Waals surface area contributed by atoms with Crippen LogP contribution in [-0.4, -0.2) is 34.9 Å². The van der Waals surface area contributed by atoms with E-state index in [0.717, 1.165) is 43.0 Å². The molecule has 5 heteroatoms. The first kappa shape index (κ1) is 14.1. The van der Waals surface area contributed by atoms with E-state index in [4.69, 9.17) is 0 Å². The summed E-state index contributed by atoms with van der Waals surface area (Å²) in [5.41, 5.74) is 1.83. The Morgan fingerprint density at radius 3 is 2.81 bits per heavy atom. The maximum atomic E-state index is 12.3. The van der Waals surface area contributed by atoms with Gasteiger partial charge in [0.05, 0.1) is 5.56 Å². The summed E-state index contributed by atoms with van der Waals surface area (Å²) in [6, 6.07) is 8.29. The van der Waals surface area contributed by atoms with Crippen LogP contribution in [0.5, 0.6) is 0 Å². The zero-order valence-corrected chi connectivity index (χ0v) is 12.9. The molecule has 1 fully saturated rings. The van der Waals surface area contributed by atoms with Crippen molar-refractivity contribution in [1.82, 2.24) is 9.88 Å². The van der Waals surface area contributed by atoms with E-state index in [1.165, 1.54) is 0 Å². The molecule has 3 rings (SSSR count). The smallest absolute Gasteiger partial charge is 0.254 e. The fourth-order valence-electron chi connectivity index (χ4n) is 2.63. The van der Waals surface area contributed by atoms with Crippen LogP contribution in [0.4, 0.5) is 5.82 Å². The van der Waals surface area contributed by atoms with E-state index in [1.807, 2.05) is 46.8 Å². The minimum atomic E-state index is 0.156. The Kier molecular flexibility index (Phi) is 4.20. The predicted octanol–water partition coefficient (Wildman–Crippen LogP) is 3.17. The minimum absolute atomic E-state index is 0.156. The van der Waals surface area contributed by atoms with E-state index in [1.54, 1.807) is 11.3 Å². The third-order valence-electron chi connectivity index (χ3n) is 3.79. The van der Waals surface area contributed by atoms with Crippen molar-refractivity contribution in [3.8, 4) is 0 Å². The van der Waals surface area contributed by atoms with Gasteiger partial charge in [0.15, 0.2) is 0 Å². The molecule has 2 aromatic heterocycles.